The van der Waals surface area contributed by atoms with Crippen molar-refractivity contribution in [2.75, 3.05) is 62.8 Å². The molecule has 5 rings (SSSR count). The smallest absolute Gasteiger partial charge is 0.215 e. The molecule has 1 N–H and O–H groups in total. The number of benzene rings is 1. The molecule has 3 aliphatic rings. The molecule has 0 amide bonds. The van der Waals surface area contributed by atoms with E-state index in [1.54, 1.807) is 0 Å². The van der Waals surface area contributed by atoms with Crippen LogP contribution in [0.5, 0.6) is 11.6 Å². The summed E-state index contributed by atoms with van der Waals surface area (Å²) in [6.45, 7) is 7.57. The Balaban J connectivity index is 1.03. The molecule has 2 aromatic rings. The monoisotopic (exact) mass is 421 g/mol. The number of aliphatic imine (C=N–C) groups is 1. The van der Waals surface area contributed by atoms with E-state index in [0.717, 1.165) is 82.1 Å². The lowest BCUT2D eigenvalue weighted by Crippen LogP contribution is -2.46. The second-order valence-corrected chi connectivity index (χ2v) is 8.34. The molecule has 31 heavy (non-hydrogen) atoms. The van der Waals surface area contributed by atoms with Crippen molar-refractivity contribution in [1.82, 2.24) is 9.88 Å². The highest BCUT2D eigenvalue weighted by atomic mass is 16.5. The summed E-state index contributed by atoms with van der Waals surface area (Å²) < 4.78 is 11.9. The Kier molecular flexibility index (Phi) is 6.20. The molecule has 0 radical (unpaired) electrons. The molecule has 0 atom stereocenters. The first-order valence-corrected chi connectivity index (χ1v) is 11.5. The van der Waals surface area contributed by atoms with Crippen LogP contribution < -0.4 is 19.7 Å². The Bertz CT molecular complexity index is 924. The van der Waals surface area contributed by atoms with Crippen molar-refractivity contribution in [2.45, 2.75) is 25.7 Å². The lowest BCUT2D eigenvalue weighted by molar-refractivity contribution is 0.235. The molecule has 164 valence electrons. The van der Waals surface area contributed by atoms with Crippen LogP contribution in [0.25, 0.3) is 0 Å². The minimum atomic E-state index is 0.580. The molecule has 1 aromatic heterocycles. The van der Waals surface area contributed by atoms with Crippen LogP contribution in [0.4, 0.5) is 11.5 Å². The lowest BCUT2D eigenvalue weighted by Gasteiger charge is -2.37. The molecule has 0 bridgehead atoms. The summed E-state index contributed by atoms with van der Waals surface area (Å²) in [5.41, 5.74) is 3.66. The number of rotatable bonds is 7. The summed E-state index contributed by atoms with van der Waals surface area (Å²) in [5, 5.41) is 3.17. The van der Waals surface area contributed by atoms with E-state index in [9.17, 15) is 0 Å². The van der Waals surface area contributed by atoms with E-state index in [2.05, 4.69) is 43.3 Å². The van der Waals surface area contributed by atoms with Crippen molar-refractivity contribution in [2.24, 2.45) is 4.99 Å². The van der Waals surface area contributed by atoms with Gasteiger partial charge in [0.25, 0.3) is 0 Å². The molecule has 0 aliphatic carbocycles. The summed E-state index contributed by atoms with van der Waals surface area (Å²) in [6, 6.07) is 10.5. The van der Waals surface area contributed by atoms with E-state index >= 15 is 0 Å². The number of pyridine rings is 1. The van der Waals surface area contributed by atoms with Crippen molar-refractivity contribution in [3.8, 4) is 11.6 Å². The zero-order chi connectivity index (χ0) is 20.9. The molecule has 7 nitrogen and oxygen atoms in total. The highest BCUT2D eigenvalue weighted by Crippen LogP contribution is 2.35. The van der Waals surface area contributed by atoms with Gasteiger partial charge in [-0.2, -0.15) is 4.98 Å². The summed E-state index contributed by atoms with van der Waals surface area (Å²) >= 11 is 0. The van der Waals surface area contributed by atoms with Crippen LogP contribution in [0.1, 0.15) is 30.4 Å². The zero-order valence-corrected chi connectivity index (χ0v) is 18.1. The molecule has 0 unspecified atom stereocenters. The summed E-state index contributed by atoms with van der Waals surface area (Å²) in [6.07, 6.45) is 6.29. The molecule has 0 spiro atoms. The molecular weight excluding hydrogens is 390 g/mol. The number of nitrogens with one attached hydrogen (secondary N) is 1. The van der Waals surface area contributed by atoms with Crippen LogP contribution >= 0.6 is 0 Å². The summed E-state index contributed by atoms with van der Waals surface area (Å²) in [4.78, 5) is 13.8. The number of fused-ring (bicyclic) bond motifs is 2. The Morgan fingerprint density at radius 3 is 2.94 bits per heavy atom. The van der Waals surface area contributed by atoms with Crippen LogP contribution in [0.2, 0.25) is 0 Å². The minimum absolute atomic E-state index is 0.580. The largest absolute Gasteiger partial charge is 0.491 e. The van der Waals surface area contributed by atoms with Crippen LogP contribution in [0, 0.1) is 0 Å². The van der Waals surface area contributed by atoms with E-state index in [-0.39, 0.29) is 0 Å². The SMILES string of the molecule is C1=NCNc2nc(OCCCCN3CCN(c4cccc5c4OCCC5)CC3)ccc21. The number of anilines is 2. The number of aryl methyl sites for hydroxylation is 1. The molecule has 4 heterocycles. The van der Waals surface area contributed by atoms with Gasteiger partial charge in [0.1, 0.15) is 18.2 Å². The number of unbranched alkanes of at least 4 members (excludes halogenated alkanes) is 1. The van der Waals surface area contributed by atoms with E-state index < -0.39 is 0 Å². The first-order valence-electron chi connectivity index (χ1n) is 11.5. The van der Waals surface area contributed by atoms with Crippen LogP contribution in [-0.4, -0.2) is 68.7 Å². The third kappa shape index (κ3) is 4.77. The fraction of sp³-hybridized carbons (Fsp3) is 0.500. The topological polar surface area (TPSA) is 62.2 Å². The first kappa shape index (κ1) is 20.1. The fourth-order valence-corrected chi connectivity index (χ4v) is 4.49. The highest BCUT2D eigenvalue weighted by Gasteiger charge is 2.22. The van der Waals surface area contributed by atoms with E-state index in [1.165, 1.54) is 11.3 Å². The Hall–Kier alpha value is -2.80. The highest BCUT2D eigenvalue weighted by molar-refractivity contribution is 5.87. The Morgan fingerprint density at radius 2 is 2.00 bits per heavy atom. The molecule has 0 saturated carbocycles. The molecular formula is C24H31N5O2. The standard InChI is InChI=1S/C24H31N5O2/c1(2-15-30-22-9-8-20-17-25-18-26-24(20)27-22)10-28-11-13-29(14-12-28)21-7-3-5-19-6-4-16-31-23(19)21/h3,5,7-9,17H,1-2,4,6,10-16,18H2,(H,26,27). The van der Waals surface area contributed by atoms with Gasteiger partial charge < -0.3 is 19.7 Å². The molecule has 3 aliphatic heterocycles. The predicted octanol–water partition coefficient (Wildman–Crippen LogP) is 3.19. The molecule has 1 fully saturated rings. The van der Waals surface area contributed by atoms with Crippen LogP contribution in [0.3, 0.4) is 0 Å². The minimum Gasteiger partial charge on any atom is -0.491 e. The van der Waals surface area contributed by atoms with E-state index in [4.69, 9.17) is 9.47 Å². The number of nitrogens with zero attached hydrogens (tertiary/aromatic N) is 4. The fourth-order valence-electron chi connectivity index (χ4n) is 4.49. The van der Waals surface area contributed by atoms with Gasteiger partial charge in [0.2, 0.25) is 5.88 Å². The summed E-state index contributed by atoms with van der Waals surface area (Å²) in [7, 11) is 0. The quantitative estimate of drug-likeness (QED) is 0.693. The van der Waals surface area contributed by atoms with Gasteiger partial charge in [0.15, 0.2) is 0 Å². The molecule has 1 aromatic carbocycles. The third-order valence-corrected chi connectivity index (χ3v) is 6.21. The number of hydrogen-bond acceptors (Lipinski definition) is 7. The van der Waals surface area contributed by atoms with Crippen molar-refractivity contribution < 1.29 is 9.47 Å². The number of hydrogen-bond donors (Lipinski definition) is 1. The predicted molar refractivity (Wildman–Crippen MR) is 124 cm³/mol. The second-order valence-electron chi connectivity index (χ2n) is 8.34. The van der Waals surface area contributed by atoms with Crippen molar-refractivity contribution in [3.05, 3.63) is 41.5 Å². The van der Waals surface area contributed by atoms with Crippen molar-refractivity contribution in [1.29, 1.82) is 0 Å². The summed E-state index contributed by atoms with van der Waals surface area (Å²) in [5.74, 6) is 2.66. The maximum Gasteiger partial charge on any atom is 0.215 e. The molecule has 7 heteroatoms. The van der Waals surface area contributed by atoms with Crippen LogP contribution in [0.15, 0.2) is 35.3 Å². The van der Waals surface area contributed by atoms with Gasteiger partial charge in [-0.05, 0) is 49.9 Å². The maximum absolute atomic E-state index is 6.01. The van der Waals surface area contributed by atoms with Gasteiger partial charge in [-0.15, -0.1) is 0 Å². The van der Waals surface area contributed by atoms with Gasteiger partial charge in [0, 0.05) is 44.0 Å². The Morgan fingerprint density at radius 1 is 1.06 bits per heavy atom. The molecule has 1 saturated heterocycles. The van der Waals surface area contributed by atoms with Gasteiger partial charge in [-0.1, -0.05) is 12.1 Å². The average molecular weight is 422 g/mol. The number of piperazine rings is 1. The van der Waals surface area contributed by atoms with Gasteiger partial charge in [-0.3, -0.25) is 9.89 Å². The first-order chi connectivity index (χ1) is 15.4. The van der Waals surface area contributed by atoms with E-state index in [0.29, 0.717) is 19.2 Å². The maximum atomic E-state index is 6.01. The Labute approximate surface area is 184 Å². The van der Waals surface area contributed by atoms with Gasteiger partial charge in [0.05, 0.1) is 18.9 Å². The average Bonchev–Trinajstić information content (AvgIpc) is 2.84. The second kappa shape index (κ2) is 9.56. The third-order valence-electron chi connectivity index (χ3n) is 6.21. The van der Waals surface area contributed by atoms with E-state index in [1.807, 2.05) is 18.3 Å². The number of para-hydroxylation sites is 1. The van der Waals surface area contributed by atoms with Crippen molar-refractivity contribution >= 4 is 17.7 Å². The van der Waals surface area contributed by atoms with Crippen molar-refractivity contribution in [3.63, 3.8) is 0 Å². The van der Waals surface area contributed by atoms with Crippen LogP contribution in [-0.2, 0) is 6.42 Å². The number of aromatic nitrogens is 1. The zero-order valence-electron chi connectivity index (χ0n) is 18.1. The lowest BCUT2D eigenvalue weighted by atomic mass is 10.0. The normalized spacial score (nSPS) is 18.0. The van der Waals surface area contributed by atoms with Gasteiger partial charge in [-0.25, -0.2) is 0 Å². The number of ether oxygens (including phenoxy) is 2. The van der Waals surface area contributed by atoms with Gasteiger partial charge >= 0.3 is 0 Å².